The minimum Gasteiger partial charge on any atom is -0.487 e. The summed E-state index contributed by atoms with van der Waals surface area (Å²) < 4.78 is 10.8. The molecule has 0 aromatic heterocycles. The fourth-order valence-electron chi connectivity index (χ4n) is 3.03. The summed E-state index contributed by atoms with van der Waals surface area (Å²) in [6.45, 7) is 9.59. The molecule has 0 bridgehead atoms. The second-order valence-corrected chi connectivity index (χ2v) is 8.31. The van der Waals surface area contributed by atoms with Gasteiger partial charge in [0.25, 0.3) is 0 Å². The number of carbonyl (C=O) groups excluding carboxylic acids is 2. The van der Waals surface area contributed by atoms with Crippen LogP contribution in [0.1, 0.15) is 46.1 Å². The lowest BCUT2D eigenvalue weighted by Gasteiger charge is -2.26. The number of nitro benzene ring substituents is 1. The maximum Gasteiger partial charge on any atom is 0.410 e. The third-order valence-electron chi connectivity index (χ3n) is 4.52. The zero-order valence-corrected chi connectivity index (χ0v) is 18.6. The molecule has 0 aliphatic carbocycles. The molecule has 1 aromatic carbocycles. The molecule has 0 spiro atoms. The Hall–Kier alpha value is -3.10. The summed E-state index contributed by atoms with van der Waals surface area (Å²) in [6.07, 6.45) is 3.96. The molecular weight excluding hydrogens is 402 g/mol. The van der Waals surface area contributed by atoms with E-state index < -0.39 is 10.5 Å². The van der Waals surface area contributed by atoms with Crippen molar-refractivity contribution in [1.29, 1.82) is 0 Å². The molecule has 1 aromatic rings. The molecule has 170 valence electrons. The molecule has 0 unspecified atom stereocenters. The predicted molar refractivity (Wildman–Crippen MR) is 117 cm³/mol. The average Bonchev–Trinajstić information content (AvgIpc) is 2.96. The average molecular weight is 434 g/mol. The molecule has 9 heteroatoms. The van der Waals surface area contributed by atoms with Crippen LogP contribution in [0.15, 0.2) is 24.3 Å². The first-order valence-electron chi connectivity index (χ1n) is 10.5. The Morgan fingerprint density at radius 1 is 1.16 bits per heavy atom. The SMILES string of the molecule is CCCOc1ccc(/C=C/C(=O)N2CCCN(C(=O)OC(C)(C)C)CC2)cc1[N+](=O)[O-]. The second kappa shape index (κ2) is 10.8. The van der Waals surface area contributed by atoms with E-state index in [2.05, 4.69) is 0 Å². The Labute approximate surface area is 182 Å². The molecule has 0 N–H and O–H groups in total. The molecule has 9 nitrogen and oxygen atoms in total. The van der Waals surface area contributed by atoms with Gasteiger partial charge in [0.2, 0.25) is 5.91 Å². The van der Waals surface area contributed by atoms with Gasteiger partial charge in [-0.15, -0.1) is 0 Å². The highest BCUT2D eigenvalue weighted by atomic mass is 16.6. The lowest BCUT2D eigenvalue weighted by Crippen LogP contribution is -2.39. The molecule has 0 atom stereocenters. The van der Waals surface area contributed by atoms with Crippen LogP contribution in [0, 0.1) is 10.1 Å². The molecule has 0 radical (unpaired) electrons. The predicted octanol–water partition coefficient (Wildman–Crippen LogP) is 3.87. The lowest BCUT2D eigenvalue weighted by molar-refractivity contribution is -0.385. The minimum atomic E-state index is -0.568. The van der Waals surface area contributed by atoms with Crippen LogP contribution in [0.2, 0.25) is 0 Å². The smallest absolute Gasteiger partial charge is 0.410 e. The molecule has 0 saturated carbocycles. The van der Waals surface area contributed by atoms with Gasteiger partial charge < -0.3 is 19.3 Å². The molecule has 1 aliphatic heterocycles. The first-order chi connectivity index (χ1) is 14.6. The summed E-state index contributed by atoms with van der Waals surface area (Å²) in [5.41, 5.74) is -0.165. The van der Waals surface area contributed by atoms with E-state index in [1.54, 1.807) is 28.0 Å². The van der Waals surface area contributed by atoms with Crippen LogP contribution in [-0.4, -0.2) is 65.1 Å². The highest BCUT2D eigenvalue weighted by molar-refractivity contribution is 5.92. The van der Waals surface area contributed by atoms with Crippen LogP contribution in [0.25, 0.3) is 6.08 Å². The van der Waals surface area contributed by atoms with E-state index in [0.717, 1.165) is 6.42 Å². The number of benzene rings is 1. The number of carbonyl (C=O) groups is 2. The number of hydrogen-bond acceptors (Lipinski definition) is 6. The van der Waals surface area contributed by atoms with Crippen molar-refractivity contribution in [1.82, 2.24) is 9.80 Å². The summed E-state index contributed by atoms with van der Waals surface area (Å²) in [5, 5.41) is 11.3. The molecule has 1 aliphatic rings. The number of nitrogens with zero attached hydrogens (tertiary/aromatic N) is 3. The Morgan fingerprint density at radius 3 is 2.48 bits per heavy atom. The molecule has 1 saturated heterocycles. The van der Waals surface area contributed by atoms with Crippen LogP contribution < -0.4 is 4.74 Å². The highest BCUT2D eigenvalue weighted by Crippen LogP contribution is 2.28. The van der Waals surface area contributed by atoms with Crippen LogP contribution in [0.4, 0.5) is 10.5 Å². The minimum absolute atomic E-state index is 0.133. The van der Waals surface area contributed by atoms with Gasteiger partial charge in [-0.3, -0.25) is 14.9 Å². The molecule has 2 amide bonds. The van der Waals surface area contributed by atoms with Crippen LogP contribution >= 0.6 is 0 Å². The summed E-state index contributed by atoms with van der Waals surface area (Å²) in [6, 6.07) is 4.61. The quantitative estimate of drug-likeness (QED) is 0.383. The summed E-state index contributed by atoms with van der Waals surface area (Å²) in [4.78, 5) is 39.0. The normalized spacial score (nSPS) is 15.0. The van der Waals surface area contributed by atoms with Crippen molar-refractivity contribution in [3.63, 3.8) is 0 Å². The topological polar surface area (TPSA) is 102 Å². The van der Waals surface area contributed by atoms with Crippen molar-refractivity contribution in [3.05, 3.63) is 40.0 Å². The van der Waals surface area contributed by atoms with Gasteiger partial charge in [-0.05, 0) is 51.3 Å². The zero-order chi connectivity index (χ0) is 23.0. The number of rotatable bonds is 6. The molecule has 2 rings (SSSR count). The van der Waals surface area contributed by atoms with Gasteiger partial charge in [-0.25, -0.2) is 4.79 Å². The maximum absolute atomic E-state index is 12.6. The van der Waals surface area contributed by atoms with Crippen molar-refractivity contribution >= 4 is 23.8 Å². The summed E-state index contributed by atoms with van der Waals surface area (Å²) in [5.74, 6) is 0.00470. The lowest BCUT2D eigenvalue weighted by atomic mass is 10.1. The van der Waals surface area contributed by atoms with Crippen molar-refractivity contribution < 1.29 is 24.0 Å². The van der Waals surface area contributed by atoms with E-state index in [1.807, 2.05) is 27.7 Å². The Balaban J connectivity index is 2.00. The molecule has 31 heavy (non-hydrogen) atoms. The molecule has 1 heterocycles. The fraction of sp³-hybridized carbons (Fsp3) is 0.545. The Kier molecular flexibility index (Phi) is 8.41. The van der Waals surface area contributed by atoms with E-state index in [9.17, 15) is 19.7 Å². The van der Waals surface area contributed by atoms with Crippen LogP contribution in [0.3, 0.4) is 0 Å². The van der Waals surface area contributed by atoms with E-state index in [1.165, 1.54) is 12.1 Å². The van der Waals surface area contributed by atoms with E-state index in [4.69, 9.17) is 9.47 Å². The number of ether oxygens (including phenoxy) is 2. The maximum atomic E-state index is 12.6. The Bertz CT molecular complexity index is 831. The van der Waals surface area contributed by atoms with Crippen molar-refractivity contribution in [2.45, 2.75) is 46.1 Å². The van der Waals surface area contributed by atoms with Gasteiger partial charge >= 0.3 is 11.8 Å². The van der Waals surface area contributed by atoms with E-state index in [-0.39, 0.29) is 23.4 Å². The fourth-order valence-corrected chi connectivity index (χ4v) is 3.03. The first-order valence-corrected chi connectivity index (χ1v) is 10.5. The number of hydrogen-bond donors (Lipinski definition) is 0. The Morgan fingerprint density at radius 2 is 1.84 bits per heavy atom. The van der Waals surface area contributed by atoms with Crippen molar-refractivity contribution in [2.24, 2.45) is 0 Å². The van der Waals surface area contributed by atoms with Crippen LogP contribution in [0.5, 0.6) is 5.75 Å². The summed E-state index contributed by atoms with van der Waals surface area (Å²) in [7, 11) is 0. The molecule has 1 fully saturated rings. The van der Waals surface area contributed by atoms with Crippen LogP contribution in [-0.2, 0) is 9.53 Å². The van der Waals surface area contributed by atoms with Gasteiger partial charge in [0.15, 0.2) is 5.75 Å². The highest BCUT2D eigenvalue weighted by Gasteiger charge is 2.25. The van der Waals surface area contributed by atoms with Gasteiger partial charge in [0.05, 0.1) is 11.5 Å². The van der Waals surface area contributed by atoms with Gasteiger partial charge in [0, 0.05) is 38.3 Å². The van der Waals surface area contributed by atoms with Gasteiger partial charge in [-0.1, -0.05) is 13.0 Å². The number of nitro groups is 1. The van der Waals surface area contributed by atoms with Crippen molar-refractivity contribution in [2.75, 3.05) is 32.8 Å². The first kappa shape index (κ1) is 24.2. The summed E-state index contributed by atoms with van der Waals surface area (Å²) >= 11 is 0. The molecular formula is C22H31N3O6. The van der Waals surface area contributed by atoms with Gasteiger partial charge in [0.1, 0.15) is 5.60 Å². The monoisotopic (exact) mass is 433 g/mol. The largest absolute Gasteiger partial charge is 0.487 e. The van der Waals surface area contributed by atoms with Gasteiger partial charge in [-0.2, -0.15) is 0 Å². The third kappa shape index (κ3) is 7.58. The number of amides is 2. The van der Waals surface area contributed by atoms with Crippen molar-refractivity contribution in [3.8, 4) is 5.75 Å². The van der Waals surface area contributed by atoms with E-state index >= 15 is 0 Å². The van der Waals surface area contributed by atoms with E-state index in [0.29, 0.717) is 44.8 Å². The zero-order valence-electron chi connectivity index (χ0n) is 18.6. The standard InChI is InChI=1S/C22H31N3O6/c1-5-15-30-19-9-7-17(16-18(19)25(28)29)8-10-20(26)23-11-6-12-24(14-13-23)21(27)31-22(2,3)4/h7-10,16H,5-6,11-15H2,1-4H3/b10-8+. The second-order valence-electron chi connectivity index (χ2n) is 8.31. The third-order valence-corrected chi connectivity index (χ3v) is 4.52.